The molecule has 3 rings (SSSR count). The Morgan fingerprint density at radius 1 is 1.15 bits per heavy atom. The Bertz CT molecular complexity index is 1040. The maximum absolute atomic E-state index is 13.7. The molecular formula is C17H18FN3O4S. The molecule has 26 heavy (non-hydrogen) atoms. The number of rotatable bonds is 5. The van der Waals surface area contributed by atoms with Gasteiger partial charge in [-0.05, 0) is 39.3 Å². The predicted molar refractivity (Wildman–Crippen MR) is 91.4 cm³/mol. The van der Waals surface area contributed by atoms with Gasteiger partial charge in [0.2, 0.25) is 11.7 Å². The quantitative estimate of drug-likeness (QED) is 0.669. The Balaban J connectivity index is 1.87. The van der Waals surface area contributed by atoms with Crippen LogP contribution >= 0.6 is 0 Å². The Kier molecular flexibility index (Phi) is 4.66. The van der Waals surface area contributed by atoms with Crippen molar-refractivity contribution in [3.05, 3.63) is 52.5 Å². The first-order valence-corrected chi connectivity index (χ1v) is 9.64. The molecule has 0 N–H and O–H groups in total. The summed E-state index contributed by atoms with van der Waals surface area (Å²) < 4.78 is 49.2. The van der Waals surface area contributed by atoms with E-state index in [4.69, 9.17) is 9.05 Å². The minimum absolute atomic E-state index is 0.0484. The molecule has 2 aromatic heterocycles. The lowest BCUT2D eigenvalue weighted by atomic mass is 10.1. The van der Waals surface area contributed by atoms with Gasteiger partial charge in [0.25, 0.3) is 0 Å². The second-order valence-corrected chi connectivity index (χ2v) is 8.49. The Labute approximate surface area is 150 Å². The van der Waals surface area contributed by atoms with Crippen molar-refractivity contribution in [3.63, 3.8) is 0 Å². The molecule has 9 heteroatoms. The number of benzene rings is 1. The van der Waals surface area contributed by atoms with E-state index in [1.165, 1.54) is 13.0 Å². The van der Waals surface area contributed by atoms with Gasteiger partial charge in [-0.25, -0.2) is 12.8 Å². The highest BCUT2D eigenvalue weighted by Crippen LogP contribution is 2.28. The summed E-state index contributed by atoms with van der Waals surface area (Å²) in [7, 11) is -3.64. The molecule has 3 aromatic rings. The van der Waals surface area contributed by atoms with E-state index >= 15 is 0 Å². The molecule has 0 radical (unpaired) electrons. The normalized spacial score (nSPS) is 13.1. The lowest BCUT2D eigenvalue weighted by molar-refractivity contribution is 0.376. The van der Waals surface area contributed by atoms with Crippen molar-refractivity contribution in [1.82, 2.24) is 15.3 Å². The molecule has 1 atom stereocenters. The number of aryl methyl sites for hydroxylation is 3. The Morgan fingerprint density at radius 2 is 1.88 bits per heavy atom. The van der Waals surface area contributed by atoms with E-state index in [0.29, 0.717) is 28.1 Å². The summed E-state index contributed by atoms with van der Waals surface area (Å²) in [6.07, 6.45) is 0. The number of sulfone groups is 1. The van der Waals surface area contributed by atoms with Crippen LogP contribution in [0.2, 0.25) is 0 Å². The van der Waals surface area contributed by atoms with Gasteiger partial charge < -0.3 is 9.05 Å². The molecular weight excluding hydrogens is 361 g/mol. The van der Waals surface area contributed by atoms with Crippen molar-refractivity contribution in [2.45, 2.75) is 38.7 Å². The minimum Gasteiger partial charge on any atom is -0.361 e. The summed E-state index contributed by atoms with van der Waals surface area (Å²) in [6, 6.07) is 4.53. The first-order valence-electron chi connectivity index (χ1n) is 7.92. The summed E-state index contributed by atoms with van der Waals surface area (Å²) in [6.45, 7) is 6.46. The summed E-state index contributed by atoms with van der Waals surface area (Å²) in [4.78, 5) is 4.13. The Hall–Kier alpha value is -2.55. The summed E-state index contributed by atoms with van der Waals surface area (Å²) >= 11 is 0. The SMILES string of the molecule is Cc1ccc(-c2noc(C(C)S(=O)(=O)Cc3c(C)noc3C)n2)cc1F. The van der Waals surface area contributed by atoms with Crippen molar-refractivity contribution in [1.29, 1.82) is 0 Å². The highest BCUT2D eigenvalue weighted by atomic mass is 32.2. The fraction of sp³-hybridized carbons (Fsp3) is 0.353. The third kappa shape index (κ3) is 3.39. The van der Waals surface area contributed by atoms with Crippen LogP contribution in [-0.2, 0) is 15.6 Å². The van der Waals surface area contributed by atoms with Gasteiger partial charge in [-0.15, -0.1) is 0 Å². The average Bonchev–Trinajstić information content (AvgIpc) is 3.19. The zero-order valence-electron chi connectivity index (χ0n) is 14.8. The van der Waals surface area contributed by atoms with Gasteiger partial charge in [-0.2, -0.15) is 4.98 Å². The number of aromatic nitrogens is 3. The van der Waals surface area contributed by atoms with E-state index in [9.17, 15) is 12.8 Å². The van der Waals surface area contributed by atoms with Crippen molar-refractivity contribution in [3.8, 4) is 11.4 Å². The van der Waals surface area contributed by atoms with Crippen molar-refractivity contribution < 1.29 is 21.9 Å². The van der Waals surface area contributed by atoms with Crippen LogP contribution in [0.25, 0.3) is 11.4 Å². The topological polar surface area (TPSA) is 99.1 Å². The third-order valence-electron chi connectivity index (χ3n) is 4.28. The minimum atomic E-state index is -3.64. The number of hydrogen-bond donors (Lipinski definition) is 0. The van der Waals surface area contributed by atoms with Crippen molar-refractivity contribution >= 4 is 9.84 Å². The number of halogens is 1. The zero-order valence-corrected chi connectivity index (χ0v) is 15.6. The summed E-state index contributed by atoms with van der Waals surface area (Å²) in [5.74, 6) is -0.0924. The molecule has 7 nitrogen and oxygen atoms in total. The van der Waals surface area contributed by atoms with Crippen molar-refractivity contribution in [2.75, 3.05) is 0 Å². The van der Waals surface area contributed by atoms with Crippen LogP contribution in [0.3, 0.4) is 0 Å². The molecule has 0 saturated heterocycles. The first kappa shape index (κ1) is 18.2. The van der Waals surface area contributed by atoms with Crippen LogP contribution in [0.1, 0.15) is 40.6 Å². The number of nitrogens with zero attached hydrogens (tertiary/aromatic N) is 3. The van der Waals surface area contributed by atoms with E-state index in [1.54, 1.807) is 32.9 Å². The van der Waals surface area contributed by atoms with Crippen LogP contribution in [0.5, 0.6) is 0 Å². The summed E-state index contributed by atoms with van der Waals surface area (Å²) in [5.41, 5.74) is 1.96. The van der Waals surface area contributed by atoms with Crippen molar-refractivity contribution in [2.24, 2.45) is 0 Å². The van der Waals surface area contributed by atoms with E-state index in [2.05, 4.69) is 15.3 Å². The fourth-order valence-corrected chi connectivity index (χ4v) is 3.90. The third-order valence-corrected chi connectivity index (χ3v) is 6.25. The van der Waals surface area contributed by atoms with E-state index in [1.807, 2.05) is 0 Å². The zero-order chi connectivity index (χ0) is 19.1. The van der Waals surface area contributed by atoms with Gasteiger partial charge in [-0.1, -0.05) is 22.4 Å². The van der Waals surface area contributed by atoms with Gasteiger partial charge in [0, 0.05) is 11.1 Å². The smallest absolute Gasteiger partial charge is 0.245 e. The van der Waals surface area contributed by atoms with Gasteiger partial charge in [0.05, 0.1) is 11.4 Å². The van der Waals surface area contributed by atoms with E-state index < -0.39 is 20.9 Å². The lowest BCUT2D eigenvalue weighted by Gasteiger charge is -2.08. The van der Waals surface area contributed by atoms with Crippen LogP contribution in [-0.4, -0.2) is 23.7 Å². The molecule has 0 aliphatic carbocycles. The molecule has 0 saturated carbocycles. The molecule has 1 unspecified atom stereocenters. The molecule has 138 valence electrons. The van der Waals surface area contributed by atoms with E-state index in [0.717, 1.165) is 0 Å². The Morgan fingerprint density at radius 3 is 2.50 bits per heavy atom. The van der Waals surface area contributed by atoms with Crippen LogP contribution < -0.4 is 0 Å². The monoisotopic (exact) mass is 379 g/mol. The maximum Gasteiger partial charge on any atom is 0.245 e. The lowest BCUT2D eigenvalue weighted by Crippen LogP contribution is -2.14. The molecule has 0 aliphatic heterocycles. The standard InChI is InChI=1S/C17H18FN3O4S/c1-9-5-6-13(7-15(9)18)16-19-17(25-21-16)12(4)26(22,23)8-14-10(2)20-24-11(14)3/h5-7,12H,8H2,1-4H3. The highest BCUT2D eigenvalue weighted by Gasteiger charge is 2.30. The largest absolute Gasteiger partial charge is 0.361 e. The summed E-state index contributed by atoms with van der Waals surface area (Å²) in [5, 5.41) is 6.52. The first-order chi connectivity index (χ1) is 12.2. The molecule has 2 heterocycles. The average molecular weight is 379 g/mol. The molecule has 1 aromatic carbocycles. The molecule has 0 fully saturated rings. The fourth-order valence-electron chi connectivity index (χ4n) is 2.44. The van der Waals surface area contributed by atoms with Gasteiger partial charge in [-0.3, -0.25) is 0 Å². The van der Waals surface area contributed by atoms with Gasteiger partial charge in [0.1, 0.15) is 16.8 Å². The second-order valence-electron chi connectivity index (χ2n) is 6.17. The van der Waals surface area contributed by atoms with Crippen LogP contribution in [0.15, 0.2) is 27.2 Å². The van der Waals surface area contributed by atoms with Gasteiger partial charge in [0.15, 0.2) is 9.84 Å². The molecule has 0 aliphatic rings. The van der Waals surface area contributed by atoms with Crippen LogP contribution in [0, 0.1) is 26.6 Å². The highest BCUT2D eigenvalue weighted by molar-refractivity contribution is 7.90. The molecule has 0 bridgehead atoms. The predicted octanol–water partition coefficient (Wildman–Crippen LogP) is 3.46. The maximum atomic E-state index is 13.7. The van der Waals surface area contributed by atoms with Crippen LogP contribution in [0.4, 0.5) is 4.39 Å². The number of hydrogen-bond acceptors (Lipinski definition) is 7. The molecule has 0 spiro atoms. The van der Waals surface area contributed by atoms with Gasteiger partial charge >= 0.3 is 0 Å². The molecule has 0 amide bonds. The second kappa shape index (κ2) is 6.64. The van der Waals surface area contributed by atoms with E-state index in [-0.39, 0.29) is 17.5 Å².